The Bertz CT molecular complexity index is 381. The summed E-state index contributed by atoms with van der Waals surface area (Å²) in [6.07, 6.45) is -1.60. The van der Waals surface area contributed by atoms with Gasteiger partial charge in [0.15, 0.2) is 6.10 Å². The molecule has 0 spiro atoms. The molecule has 88 valence electrons. The monoisotopic (exact) mass is 226 g/mol. The second-order valence-corrected chi connectivity index (χ2v) is 3.07. The number of hydrogen-bond donors (Lipinski definition) is 4. The van der Waals surface area contributed by atoms with E-state index in [9.17, 15) is 9.90 Å². The van der Waals surface area contributed by atoms with Crippen molar-refractivity contribution in [2.75, 3.05) is 12.0 Å². The molecule has 5 N–H and O–H groups in total. The molecule has 0 aliphatic rings. The predicted molar refractivity (Wildman–Crippen MR) is 58.0 cm³/mol. The van der Waals surface area contributed by atoms with E-state index in [1.165, 1.54) is 12.1 Å². The topological polar surface area (TPSA) is 105 Å². The minimum atomic E-state index is -1.60. The summed E-state index contributed by atoms with van der Waals surface area (Å²) >= 11 is 0. The average Bonchev–Trinajstić information content (AvgIpc) is 2.28. The molecule has 0 saturated carbocycles. The van der Waals surface area contributed by atoms with Crippen LogP contribution in [-0.2, 0) is 4.79 Å². The van der Waals surface area contributed by atoms with E-state index < -0.39 is 12.1 Å². The van der Waals surface area contributed by atoms with E-state index in [1.54, 1.807) is 13.0 Å². The van der Waals surface area contributed by atoms with Gasteiger partial charge in [-0.05, 0) is 13.0 Å². The van der Waals surface area contributed by atoms with Crippen LogP contribution in [0.5, 0.6) is 5.75 Å². The lowest BCUT2D eigenvalue weighted by Crippen LogP contribution is -2.13. The number of aliphatic hydroxyl groups is 1. The molecule has 1 unspecified atom stereocenters. The lowest BCUT2D eigenvalue weighted by atomic mass is 10.1. The van der Waals surface area contributed by atoms with Gasteiger partial charge >= 0.3 is 5.97 Å². The van der Waals surface area contributed by atoms with Gasteiger partial charge in [-0.2, -0.15) is 0 Å². The van der Waals surface area contributed by atoms with Crippen LogP contribution in [-0.4, -0.2) is 22.8 Å². The number of anilines is 1. The number of carboxylic acids is 1. The number of aliphatic hydroxyl groups excluding tert-OH is 1. The molecule has 0 aromatic heterocycles. The van der Waals surface area contributed by atoms with Gasteiger partial charge < -0.3 is 20.4 Å². The number of carboxylic acid groups (broad SMARTS) is 1. The molecule has 0 aliphatic carbocycles. The standard InChI is InChI=1S/C10H14N2O4/c1-2-16-8-5-6(12-11)3-4-7(8)9(13)10(14)15/h3-5,9,12-13H,2,11H2,1H3,(H,14,15). The Hall–Kier alpha value is -1.79. The van der Waals surface area contributed by atoms with E-state index in [0.717, 1.165) is 0 Å². The SMILES string of the molecule is CCOc1cc(NN)ccc1C(O)C(=O)O. The highest BCUT2D eigenvalue weighted by Gasteiger charge is 2.20. The van der Waals surface area contributed by atoms with Crippen LogP contribution in [0.1, 0.15) is 18.6 Å². The fourth-order valence-corrected chi connectivity index (χ4v) is 1.26. The minimum Gasteiger partial charge on any atom is -0.493 e. The van der Waals surface area contributed by atoms with Gasteiger partial charge in [-0.1, -0.05) is 6.07 Å². The summed E-state index contributed by atoms with van der Waals surface area (Å²) in [6.45, 7) is 2.13. The molecule has 1 aromatic carbocycles. The van der Waals surface area contributed by atoms with E-state index >= 15 is 0 Å². The highest BCUT2D eigenvalue weighted by molar-refractivity contribution is 5.75. The summed E-state index contributed by atoms with van der Waals surface area (Å²) in [5.41, 5.74) is 3.19. The van der Waals surface area contributed by atoms with Crippen molar-refractivity contribution in [1.82, 2.24) is 0 Å². The van der Waals surface area contributed by atoms with E-state index in [0.29, 0.717) is 18.0 Å². The first kappa shape index (κ1) is 12.3. The predicted octanol–water partition coefficient (Wildman–Crippen LogP) is 0.489. The first-order valence-corrected chi connectivity index (χ1v) is 4.74. The number of nitrogen functional groups attached to an aromatic ring is 1. The van der Waals surface area contributed by atoms with Crippen LogP contribution in [0.4, 0.5) is 5.69 Å². The Morgan fingerprint density at radius 2 is 2.31 bits per heavy atom. The fraction of sp³-hybridized carbons (Fsp3) is 0.300. The molecule has 0 bridgehead atoms. The molecular weight excluding hydrogens is 212 g/mol. The van der Waals surface area contributed by atoms with E-state index in [1.807, 2.05) is 0 Å². The maximum atomic E-state index is 10.7. The summed E-state index contributed by atoms with van der Waals surface area (Å²) in [7, 11) is 0. The van der Waals surface area contributed by atoms with Crippen molar-refractivity contribution in [2.24, 2.45) is 5.84 Å². The molecule has 0 aliphatic heterocycles. The number of hydrogen-bond acceptors (Lipinski definition) is 5. The molecule has 0 fully saturated rings. The minimum absolute atomic E-state index is 0.202. The third-order valence-electron chi connectivity index (χ3n) is 2.01. The van der Waals surface area contributed by atoms with Gasteiger partial charge in [0.25, 0.3) is 0 Å². The third kappa shape index (κ3) is 2.62. The summed E-state index contributed by atoms with van der Waals surface area (Å²) < 4.78 is 5.23. The molecule has 1 aromatic rings. The molecule has 1 rings (SSSR count). The average molecular weight is 226 g/mol. The second-order valence-electron chi connectivity index (χ2n) is 3.07. The van der Waals surface area contributed by atoms with Crippen LogP contribution in [0.2, 0.25) is 0 Å². The maximum absolute atomic E-state index is 10.7. The van der Waals surface area contributed by atoms with Crippen LogP contribution < -0.4 is 16.0 Å². The molecule has 0 amide bonds. The number of aliphatic carboxylic acids is 1. The van der Waals surface area contributed by atoms with Crippen LogP contribution in [0, 0.1) is 0 Å². The Labute approximate surface area is 92.6 Å². The lowest BCUT2D eigenvalue weighted by molar-refractivity contribution is -0.147. The fourth-order valence-electron chi connectivity index (χ4n) is 1.26. The van der Waals surface area contributed by atoms with Gasteiger partial charge in [0.2, 0.25) is 0 Å². The first-order chi connectivity index (χ1) is 7.60. The number of ether oxygens (including phenoxy) is 1. The lowest BCUT2D eigenvalue weighted by Gasteiger charge is -2.14. The molecule has 16 heavy (non-hydrogen) atoms. The van der Waals surface area contributed by atoms with Crippen molar-refractivity contribution in [3.63, 3.8) is 0 Å². The summed E-state index contributed by atoms with van der Waals surface area (Å²) in [5.74, 6) is 4.19. The quantitative estimate of drug-likeness (QED) is 0.430. The van der Waals surface area contributed by atoms with Gasteiger partial charge in [-0.25, -0.2) is 4.79 Å². The molecule has 6 heteroatoms. The Morgan fingerprint density at radius 3 is 2.81 bits per heavy atom. The van der Waals surface area contributed by atoms with E-state index in [-0.39, 0.29) is 5.56 Å². The highest BCUT2D eigenvalue weighted by atomic mass is 16.5. The molecule has 0 radical (unpaired) electrons. The van der Waals surface area contributed by atoms with Gasteiger partial charge in [0.1, 0.15) is 5.75 Å². The van der Waals surface area contributed by atoms with Gasteiger partial charge in [-0.3, -0.25) is 5.84 Å². The van der Waals surface area contributed by atoms with Crippen LogP contribution in [0.3, 0.4) is 0 Å². The largest absolute Gasteiger partial charge is 0.493 e. The smallest absolute Gasteiger partial charge is 0.337 e. The Kier molecular flexibility index (Phi) is 4.10. The van der Waals surface area contributed by atoms with Gasteiger partial charge in [0.05, 0.1) is 12.3 Å². The van der Waals surface area contributed by atoms with Crippen molar-refractivity contribution in [2.45, 2.75) is 13.0 Å². The van der Waals surface area contributed by atoms with Crippen molar-refractivity contribution < 1.29 is 19.7 Å². The maximum Gasteiger partial charge on any atom is 0.337 e. The van der Waals surface area contributed by atoms with E-state index in [4.69, 9.17) is 15.7 Å². The highest BCUT2D eigenvalue weighted by Crippen LogP contribution is 2.28. The number of hydrazine groups is 1. The van der Waals surface area contributed by atoms with Crippen LogP contribution in [0.25, 0.3) is 0 Å². The van der Waals surface area contributed by atoms with Crippen molar-refractivity contribution in [3.8, 4) is 5.75 Å². The molecule has 1 atom stereocenters. The number of benzene rings is 1. The number of rotatable bonds is 5. The zero-order chi connectivity index (χ0) is 12.1. The summed E-state index contributed by atoms with van der Waals surface area (Å²) in [4.78, 5) is 10.7. The number of carbonyl (C=O) groups is 1. The Balaban J connectivity index is 3.11. The van der Waals surface area contributed by atoms with Crippen molar-refractivity contribution in [3.05, 3.63) is 23.8 Å². The molecule has 0 heterocycles. The molecule has 6 nitrogen and oxygen atoms in total. The normalized spacial score (nSPS) is 11.9. The summed E-state index contributed by atoms with van der Waals surface area (Å²) in [6, 6.07) is 4.55. The van der Waals surface area contributed by atoms with Crippen molar-refractivity contribution >= 4 is 11.7 Å². The van der Waals surface area contributed by atoms with Gasteiger partial charge in [0, 0.05) is 11.6 Å². The summed E-state index contributed by atoms with van der Waals surface area (Å²) in [5, 5.41) is 18.1. The van der Waals surface area contributed by atoms with Gasteiger partial charge in [-0.15, -0.1) is 0 Å². The molecule has 0 saturated heterocycles. The molecular formula is C10H14N2O4. The zero-order valence-electron chi connectivity index (χ0n) is 8.80. The zero-order valence-corrected chi connectivity index (χ0v) is 8.80. The number of nitrogens with two attached hydrogens (primary N) is 1. The second kappa shape index (κ2) is 5.34. The van der Waals surface area contributed by atoms with E-state index in [2.05, 4.69) is 5.43 Å². The Morgan fingerprint density at radius 1 is 1.62 bits per heavy atom. The number of nitrogens with one attached hydrogen (secondary N) is 1. The third-order valence-corrected chi connectivity index (χ3v) is 2.01. The van der Waals surface area contributed by atoms with Crippen LogP contribution >= 0.6 is 0 Å². The first-order valence-electron chi connectivity index (χ1n) is 4.74. The van der Waals surface area contributed by atoms with Crippen molar-refractivity contribution in [1.29, 1.82) is 0 Å². The van der Waals surface area contributed by atoms with Crippen LogP contribution in [0.15, 0.2) is 18.2 Å².